The summed E-state index contributed by atoms with van der Waals surface area (Å²) in [6, 6.07) is 14.8. The predicted octanol–water partition coefficient (Wildman–Crippen LogP) is 3.55. The molecule has 2 N–H and O–H groups in total. The molecular formula is C20H20BrN5O2S. The van der Waals surface area contributed by atoms with Crippen LogP contribution in [-0.4, -0.2) is 32.3 Å². The Labute approximate surface area is 181 Å². The minimum atomic E-state index is -0.202. The Bertz CT molecular complexity index is 1040. The number of rotatable bonds is 7. The maximum Gasteiger partial charge on any atom is 0.252 e. The number of aromatic nitrogens is 3. The molecule has 29 heavy (non-hydrogen) atoms. The van der Waals surface area contributed by atoms with E-state index >= 15 is 0 Å². The molecule has 3 rings (SSSR count). The smallest absolute Gasteiger partial charge is 0.252 e. The predicted molar refractivity (Wildman–Crippen MR) is 117 cm³/mol. The van der Waals surface area contributed by atoms with Crippen LogP contribution in [0.3, 0.4) is 0 Å². The molecule has 3 aromatic rings. The number of carbonyl (C=O) groups excluding carboxylic acids is 2. The number of amides is 2. The molecule has 0 radical (unpaired) electrons. The molecule has 0 atom stereocenters. The summed E-state index contributed by atoms with van der Waals surface area (Å²) in [5, 5.41) is 14.5. The van der Waals surface area contributed by atoms with E-state index in [9.17, 15) is 9.59 Å². The van der Waals surface area contributed by atoms with Gasteiger partial charge < -0.3 is 15.2 Å². The van der Waals surface area contributed by atoms with Crippen molar-refractivity contribution in [3.05, 3.63) is 70.0 Å². The molecule has 0 saturated heterocycles. The van der Waals surface area contributed by atoms with Crippen LogP contribution in [0.4, 0.5) is 5.69 Å². The van der Waals surface area contributed by atoms with E-state index in [1.165, 1.54) is 11.8 Å². The molecule has 0 aliphatic heterocycles. The molecule has 0 fully saturated rings. The van der Waals surface area contributed by atoms with Gasteiger partial charge in [-0.3, -0.25) is 9.59 Å². The maximum atomic E-state index is 12.3. The van der Waals surface area contributed by atoms with Crippen LogP contribution in [0.15, 0.2) is 58.2 Å². The highest BCUT2D eigenvalue weighted by molar-refractivity contribution is 9.10. The van der Waals surface area contributed by atoms with Crippen molar-refractivity contribution in [1.29, 1.82) is 0 Å². The van der Waals surface area contributed by atoms with Crippen LogP contribution in [0, 0.1) is 6.92 Å². The lowest BCUT2D eigenvalue weighted by Crippen LogP contribution is -2.24. The first-order chi connectivity index (χ1) is 13.9. The zero-order valence-electron chi connectivity index (χ0n) is 16.0. The van der Waals surface area contributed by atoms with E-state index in [-0.39, 0.29) is 24.1 Å². The van der Waals surface area contributed by atoms with Crippen molar-refractivity contribution in [3.8, 4) is 0 Å². The van der Waals surface area contributed by atoms with E-state index in [2.05, 4.69) is 36.8 Å². The molecule has 0 unspecified atom stereocenters. The van der Waals surface area contributed by atoms with Gasteiger partial charge in [-0.05, 0) is 52.7 Å². The van der Waals surface area contributed by atoms with Gasteiger partial charge in [0, 0.05) is 17.2 Å². The van der Waals surface area contributed by atoms with Gasteiger partial charge in [-0.2, -0.15) is 0 Å². The second kappa shape index (κ2) is 9.71. The standard InChI is InChI=1S/C20H20BrN5O2S/c1-13-6-5-7-14(10-13)23-18(27)12-29-20-25-24-17(26(20)2)11-22-19(28)15-8-3-4-9-16(15)21/h3-10H,11-12H2,1-2H3,(H,22,28)(H,23,27). The summed E-state index contributed by atoms with van der Waals surface area (Å²) >= 11 is 4.66. The molecular weight excluding hydrogens is 454 g/mol. The van der Waals surface area contributed by atoms with Crippen molar-refractivity contribution < 1.29 is 9.59 Å². The van der Waals surface area contributed by atoms with Crippen LogP contribution in [0.2, 0.25) is 0 Å². The summed E-state index contributed by atoms with van der Waals surface area (Å²) in [6.45, 7) is 2.21. The number of halogens is 1. The zero-order chi connectivity index (χ0) is 20.8. The van der Waals surface area contributed by atoms with Gasteiger partial charge in [-0.15, -0.1) is 10.2 Å². The fraction of sp³-hybridized carbons (Fsp3) is 0.200. The largest absolute Gasteiger partial charge is 0.345 e. The summed E-state index contributed by atoms with van der Waals surface area (Å²) in [4.78, 5) is 24.5. The number of anilines is 1. The van der Waals surface area contributed by atoms with Gasteiger partial charge in [0.25, 0.3) is 5.91 Å². The first kappa shape index (κ1) is 21.1. The van der Waals surface area contributed by atoms with Gasteiger partial charge in [0.05, 0.1) is 17.9 Å². The second-order valence-corrected chi connectivity index (χ2v) is 8.12. The van der Waals surface area contributed by atoms with E-state index in [1.54, 1.807) is 23.7 Å². The number of nitrogens with zero attached hydrogens (tertiary/aromatic N) is 3. The Balaban J connectivity index is 1.53. The third-order valence-corrected chi connectivity index (χ3v) is 5.80. The molecule has 9 heteroatoms. The molecule has 0 aliphatic rings. The minimum Gasteiger partial charge on any atom is -0.345 e. The lowest BCUT2D eigenvalue weighted by Gasteiger charge is -2.08. The monoisotopic (exact) mass is 473 g/mol. The van der Waals surface area contributed by atoms with Crippen LogP contribution < -0.4 is 10.6 Å². The SMILES string of the molecule is Cc1cccc(NC(=O)CSc2nnc(CNC(=O)c3ccccc3Br)n2C)c1. The van der Waals surface area contributed by atoms with E-state index < -0.39 is 0 Å². The van der Waals surface area contributed by atoms with Crippen LogP contribution in [0.1, 0.15) is 21.7 Å². The summed E-state index contributed by atoms with van der Waals surface area (Å²) in [5.74, 6) is 0.495. The highest BCUT2D eigenvalue weighted by Crippen LogP contribution is 2.18. The molecule has 0 aliphatic carbocycles. The number of nitrogens with one attached hydrogen (secondary N) is 2. The number of hydrogen-bond donors (Lipinski definition) is 2. The maximum absolute atomic E-state index is 12.3. The summed E-state index contributed by atoms with van der Waals surface area (Å²) < 4.78 is 2.50. The first-order valence-corrected chi connectivity index (χ1v) is 10.6. The Morgan fingerprint density at radius 3 is 2.69 bits per heavy atom. The lowest BCUT2D eigenvalue weighted by atomic mass is 10.2. The van der Waals surface area contributed by atoms with Crippen molar-refractivity contribution in [3.63, 3.8) is 0 Å². The van der Waals surface area contributed by atoms with E-state index in [4.69, 9.17) is 0 Å². The summed E-state index contributed by atoms with van der Waals surface area (Å²) in [7, 11) is 1.81. The van der Waals surface area contributed by atoms with Gasteiger partial charge in [0.1, 0.15) is 0 Å². The number of hydrogen-bond acceptors (Lipinski definition) is 5. The zero-order valence-corrected chi connectivity index (χ0v) is 18.4. The molecule has 1 heterocycles. The molecule has 2 aromatic carbocycles. The number of thioether (sulfide) groups is 1. The Morgan fingerprint density at radius 2 is 1.93 bits per heavy atom. The average molecular weight is 474 g/mol. The molecule has 7 nitrogen and oxygen atoms in total. The van der Waals surface area contributed by atoms with Crippen LogP contribution >= 0.6 is 27.7 Å². The highest BCUT2D eigenvalue weighted by Gasteiger charge is 2.14. The van der Waals surface area contributed by atoms with Crippen LogP contribution in [-0.2, 0) is 18.4 Å². The van der Waals surface area contributed by atoms with Gasteiger partial charge in [-0.1, -0.05) is 36.0 Å². The second-order valence-electron chi connectivity index (χ2n) is 6.33. The molecule has 1 aromatic heterocycles. The third-order valence-electron chi connectivity index (χ3n) is 4.08. The fourth-order valence-electron chi connectivity index (χ4n) is 2.57. The molecule has 150 valence electrons. The number of benzene rings is 2. The fourth-order valence-corrected chi connectivity index (χ4v) is 3.77. The van der Waals surface area contributed by atoms with Crippen LogP contribution in [0.5, 0.6) is 0 Å². The van der Waals surface area contributed by atoms with Crippen molar-refractivity contribution in [1.82, 2.24) is 20.1 Å². The average Bonchev–Trinajstić information content (AvgIpc) is 3.04. The quantitative estimate of drug-likeness (QED) is 0.512. The minimum absolute atomic E-state index is 0.118. The first-order valence-electron chi connectivity index (χ1n) is 8.84. The molecule has 0 spiro atoms. The Morgan fingerprint density at radius 1 is 1.14 bits per heavy atom. The van der Waals surface area contributed by atoms with E-state index in [1.807, 2.05) is 43.3 Å². The number of aryl methyl sites for hydroxylation is 1. The van der Waals surface area contributed by atoms with Gasteiger partial charge in [0.2, 0.25) is 5.91 Å². The van der Waals surface area contributed by atoms with Crippen LogP contribution in [0.25, 0.3) is 0 Å². The van der Waals surface area contributed by atoms with Gasteiger partial charge >= 0.3 is 0 Å². The molecule has 2 amide bonds. The van der Waals surface area contributed by atoms with E-state index in [0.29, 0.717) is 16.5 Å². The molecule has 0 saturated carbocycles. The summed E-state index contributed by atoms with van der Waals surface area (Å²) in [5.41, 5.74) is 2.40. The van der Waals surface area contributed by atoms with Crippen molar-refractivity contribution >= 4 is 45.2 Å². The normalized spacial score (nSPS) is 10.6. The Kier molecular flexibility index (Phi) is 7.05. The lowest BCUT2D eigenvalue weighted by molar-refractivity contribution is -0.113. The van der Waals surface area contributed by atoms with Gasteiger partial charge in [-0.25, -0.2) is 0 Å². The van der Waals surface area contributed by atoms with Crippen molar-refractivity contribution in [2.45, 2.75) is 18.6 Å². The van der Waals surface area contributed by atoms with Crippen molar-refractivity contribution in [2.75, 3.05) is 11.1 Å². The highest BCUT2D eigenvalue weighted by atomic mass is 79.9. The summed E-state index contributed by atoms with van der Waals surface area (Å²) in [6.07, 6.45) is 0. The number of carbonyl (C=O) groups is 2. The topological polar surface area (TPSA) is 88.9 Å². The van der Waals surface area contributed by atoms with Crippen molar-refractivity contribution in [2.24, 2.45) is 7.05 Å². The Hall–Kier alpha value is -2.65. The van der Waals surface area contributed by atoms with Gasteiger partial charge in [0.15, 0.2) is 11.0 Å². The third kappa shape index (κ3) is 5.68. The van der Waals surface area contributed by atoms with E-state index in [0.717, 1.165) is 15.7 Å². The molecule has 0 bridgehead atoms.